The molecule has 1 aliphatic rings. The number of benzene rings is 2. The Labute approximate surface area is 191 Å². The van der Waals surface area contributed by atoms with Gasteiger partial charge in [0.1, 0.15) is 5.82 Å². The minimum atomic E-state index is -5.06. The lowest BCUT2D eigenvalue weighted by atomic mass is 9.88. The fourth-order valence-electron chi connectivity index (χ4n) is 3.50. The lowest BCUT2D eigenvalue weighted by Gasteiger charge is -2.30. The van der Waals surface area contributed by atoms with Crippen LogP contribution in [-0.2, 0) is 10.3 Å². The van der Waals surface area contributed by atoms with Gasteiger partial charge in [-0.05, 0) is 42.0 Å². The first-order chi connectivity index (χ1) is 15.7. The molecule has 1 aliphatic heterocycles. The normalized spacial score (nSPS) is 16.3. The van der Waals surface area contributed by atoms with Crippen molar-refractivity contribution >= 4 is 34.1 Å². The molecule has 0 amide bonds. The third-order valence-corrected chi connectivity index (χ3v) is 6.20. The van der Waals surface area contributed by atoms with Crippen LogP contribution in [0.2, 0.25) is 0 Å². The molecule has 0 spiro atoms. The van der Waals surface area contributed by atoms with E-state index in [0.717, 1.165) is 29.7 Å². The second-order valence-electron chi connectivity index (χ2n) is 7.40. The van der Waals surface area contributed by atoms with E-state index in [-0.39, 0.29) is 5.56 Å². The van der Waals surface area contributed by atoms with Crippen LogP contribution in [0.5, 0.6) is 0 Å². The molecule has 174 valence electrons. The Bertz CT molecular complexity index is 1130. The van der Waals surface area contributed by atoms with Gasteiger partial charge in [0.2, 0.25) is 5.60 Å². The molecule has 1 fully saturated rings. The van der Waals surface area contributed by atoms with Crippen LogP contribution < -0.4 is 10.2 Å². The van der Waals surface area contributed by atoms with Gasteiger partial charge in [0.15, 0.2) is 5.13 Å². The molecule has 2 heterocycles. The maximum absolute atomic E-state index is 14.2. The molecule has 4 rings (SSSR count). The highest BCUT2D eigenvalue weighted by Gasteiger charge is 2.58. The van der Waals surface area contributed by atoms with Crippen LogP contribution in [0.3, 0.4) is 0 Å². The fraction of sp³-hybridized carbons (Fsp3) is 0.273. The van der Waals surface area contributed by atoms with E-state index in [1.165, 1.54) is 35.7 Å². The van der Waals surface area contributed by atoms with Crippen LogP contribution in [-0.4, -0.2) is 48.8 Å². The van der Waals surface area contributed by atoms with Crippen molar-refractivity contribution in [1.82, 2.24) is 4.98 Å². The zero-order valence-corrected chi connectivity index (χ0v) is 18.0. The van der Waals surface area contributed by atoms with Gasteiger partial charge in [-0.15, -0.1) is 11.3 Å². The van der Waals surface area contributed by atoms with Gasteiger partial charge in [-0.3, -0.25) is 0 Å². The lowest BCUT2D eigenvalue weighted by molar-refractivity contribution is -0.249. The number of hydrogen-bond acceptors (Lipinski definition) is 7. The third-order valence-electron chi connectivity index (χ3n) is 5.30. The Hall–Kier alpha value is -3.02. The lowest BCUT2D eigenvalue weighted by Crippen LogP contribution is -2.44. The van der Waals surface area contributed by atoms with Crippen molar-refractivity contribution in [2.24, 2.45) is 0 Å². The molecule has 3 aromatic rings. The van der Waals surface area contributed by atoms with Crippen LogP contribution in [0.15, 0.2) is 47.8 Å². The number of hydrogen-bond donors (Lipinski definition) is 3. The molecule has 0 radical (unpaired) electrons. The van der Waals surface area contributed by atoms with Crippen LogP contribution >= 0.6 is 11.3 Å². The molecule has 1 unspecified atom stereocenters. The third kappa shape index (κ3) is 4.56. The summed E-state index contributed by atoms with van der Waals surface area (Å²) in [6, 6.07) is 8.97. The van der Waals surface area contributed by atoms with E-state index in [4.69, 9.17) is 10.1 Å². The van der Waals surface area contributed by atoms with Gasteiger partial charge in [-0.1, -0.05) is 6.07 Å². The van der Waals surface area contributed by atoms with Crippen molar-refractivity contribution < 1.29 is 27.4 Å². The number of nitrogens with one attached hydrogen (secondary N) is 2. The maximum Gasteiger partial charge on any atom is 0.427 e. The van der Waals surface area contributed by atoms with Gasteiger partial charge < -0.3 is 25.5 Å². The maximum atomic E-state index is 14.2. The zero-order chi connectivity index (χ0) is 23.6. The molecule has 0 aliphatic carbocycles. The van der Waals surface area contributed by atoms with Gasteiger partial charge >= 0.3 is 6.18 Å². The Morgan fingerprint density at radius 3 is 2.45 bits per heavy atom. The molecule has 6 nitrogen and oxygen atoms in total. The summed E-state index contributed by atoms with van der Waals surface area (Å²) in [6.07, 6.45) is -4.18. The summed E-state index contributed by atoms with van der Waals surface area (Å²) < 4.78 is 61.1. The molecular formula is C22H20F4N4O2S. The second-order valence-corrected chi connectivity index (χ2v) is 8.24. The average molecular weight is 480 g/mol. The van der Waals surface area contributed by atoms with E-state index >= 15 is 0 Å². The van der Waals surface area contributed by atoms with Gasteiger partial charge in [-0.2, -0.15) is 13.2 Å². The molecule has 11 heteroatoms. The van der Waals surface area contributed by atoms with E-state index in [1.54, 1.807) is 0 Å². The molecule has 0 saturated carbocycles. The Morgan fingerprint density at radius 1 is 1.12 bits per heavy atom. The van der Waals surface area contributed by atoms with Crippen molar-refractivity contribution in [1.29, 1.82) is 5.41 Å². The van der Waals surface area contributed by atoms with Gasteiger partial charge in [0.05, 0.1) is 18.9 Å². The Balaban J connectivity index is 1.70. The highest BCUT2D eigenvalue weighted by atomic mass is 32.1. The number of aromatic nitrogens is 1. The average Bonchev–Trinajstić information content (AvgIpc) is 3.31. The highest BCUT2D eigenvalue weighted by Crippen LogP contribution is 2.46. The van der Waals surface area contributed by atoms with E-state index in [1.807, 2.05) is 4.90 Å². The first-order valence-corrected chi connectivity index (χ1v) is 10.9. The summed E-state index contributed by atoms with van der Waals surface area (Å²) in [5, 5.41) is 23.2. The summed E-state index contributed by atoms with van der Waals surface area (Å²) in [7, 11) is 0. The largest absolute Gasteiger partial charge is 0.427 e. The quantitative estimate of drug-likeness (QED) is 0.353. The minimum absolute atomic E-state index is 0.114. The van der Waals surface area contributed by atoms with Crippen molar-refractivity contribution in [3.05, 3.63) is 70.5 Å². The SMILES string of the molecule is N=Cc1cc(C(O)(c2csc(N3CCOCC3)n2)C(F)(F)F)ccc1Nc1ccc(F)cc1. The number of ether oxygens (including phenoxy) is 1. The van der Waals surface area contributed by atoms with Gasteiger partial charge in [-0.25, -0.2) is 9.37 Å². The molecule has 1 saturated heterocycles. The van der Waals surface area contributed by atoms with E-state index in [9.17, 15) is 22.7 Å². The molecule has 0 bridgehead atoms. The molecule has 33 heavy (non-hydrogen) atoms. The van der Waals surface area contributed by atoms with E-state index in [2.05, 4.69) is 10.3 Å². The number of nitrogens with zero attached hydrogens (tertiary/aromatic N) is 2. The minimum Gasteiger partial charge on any atom is -0.378 e. The summed E-state index contributed by atoms with van der Waals surface area (Å²) in [5.74, 6) is -0.432. The predicted molar refractivity (Wildman–Crippen MR) is 118 cm³/mol. The van der Waals surface area contributed by atoms with Gasteiger partial charge in [0.25, 0.3) is 0 Å². The molecule has 1 atom stereocenters. The summed E-state index contributed by atoms with van der Waals surface area (Å²) in [4.78, 5) is 5.93. The monoisotopic (exact) mass is 480 g/mol. The van der Waals surface area contributed by atoms with Crippen LogP contribution in [0.1, 0.15) is 16.8 Å². The number of anilines is 3. The number of alkyl halides is 3. The molecule has 3 N–H and O–H groups in total. The predicted octanol–water partition coefficient (Wildman–Crippen LogP) is 4.66. The van der Waals surface area contributed by atoms with Crippen molar-refractivity contribution in [3.63, 3.8) is 0 Å². The molecule has 1 aromatic heterocycles. The molecular weight excluding hydrogens is 460 g/mol. The summed E-state index contributed by atoms with van der Waals surface area (Å²) in [5.41, 5.74) is -3.41. The Morgan fingerprint density at radius 2 is 1.82 bits per heavy atom. The number of halogens is 4. The topological polar surface area (TPSA) is 81.5 Å². The van der Waals surface area contributed by atoms with Crippen molar-refractivity contribution in [3.8, 4) is 0 Å². The fourth-order valence-corrected chi connectivity index (χ4v) is 4.42. The zero-order valence-electron chi connectivity index (χ0n) is 17.2. The standard InChI is InChI=1S/C22H20F4N4O2S/c23-16-2-4-17(5-3-16)28-18-6-1-15(11-14(18)12-27)21(31,22(24,25)26)19-13-33-20(29-19)30-7-9-32-10-8-30/h1-6,11-13,27-28,31H,7-10H2. The molecule has 2 aromatic carbocycles. The van der Waals surface area contributed by atoms with Crippen molar-refractivity contribution in [2.75, 3.05) is 36.5 Å². The van der Waals surface area contributed by atoms with Crippen LogP contribution in [0, 0.1) is 11.2 Å². The first-order valence-electron chi connectivity index (χ1n) is 9.98. The highest BCUT2D eigenvalue weighted by molar-refractivity contribution is 7.13. The number of aliphatic hydroxyl groups is 1. The number of thiazole rings is 1. The van der Waals surface area contributed by atoms with Gasteiger partial charge in [0, 0.05) is 41.6 Å². The summed E-state index contributed by atoms with van der Waals surface area (Å²) in [6.45, 7) is 1.89. The summed E-state index contributed by atoms with van der Waals surface area (Å²) >= 11 is 1.02. The number of morpholine rings is 1. The second kappa shape index (κ2) is 9.08. The van der Waals surface area contributed by atoms with Crippen molar-refractivity contribution in [2.45, 2.75) is 11.8 Å². The number of rotatable bonds is 6. The Kier molecular flexibility index (Phi) is 6.37. The van der Waals surface area contributed by atoms with Crippen LogP contribution in [0.25, 0.3) is 0 Å². The van der Waals surface area contributed by atoms with E-state index < -0.39 is 28.9 Å². The van der Waals surface area contributed by atoms with E-state index in [0.29, 0.717) is 42.8 Å². The van der Waals surface area contributed by atoms with Crippen LogP contribution in [0.4, 0.5) is 34.1 Å². The first kappa shape index (κ1) is 23.1. The smallest absolute Gasteiger partial charge is 0.378 e.